The van der Waals surface area contributed by atoms with E-state index in [1.807, 2.05) is 12.1 Å². The van der Waals surface area contributed by atoms with Gasteiger partial charge in [0.05, 0.1) is 18.9 Å². The molecule has 1 aromatic carbocycles. The maximum Gasteiger partial charge on any atom is 0.260 e. The Morgan fingerprint density at radius 1 is 1.11 bits per heavy atom. The number of carbonyl (C=O) groups excluding carboxylic acids is 2. The average Bonchev–Trinajstić information content (AvgIpc) is 2.67. The van der Waals surface area contributed by atoms with E-state index < -0.39 is 0 Å². The Balaban J connectivity index is 0.00000364. The predicted octanol–water partition coefficient (Wildman–Crippen LogP) is 2.19. The zero-order valence-electron chi connectivity index (χ0n) is 15.7. The highest BCUT2D eigenvalue weighted by Crippen LogP contribution is 2.24. The minimum absolute atomic E-state index is 0. The fourth-order valence-electron chi connectivity index (χ4n) is 2.74. The fraction of sp³-hybridized carbons (Fsp3) is 0.579. The molecule has 1 aliphatic rings. The summed E-state index contributed by atoms with van der Waals surface area (Å²) in [5, 5.41) is 2.87. The van der Waals surface area contributed by atoms with Crippen molar-refractivity contribution >= 4 is 29.9 Å². The number of morpholine rings is 1. The second-order valence-electron chi connectivity index (χ2n) is 6.28. The molecular formula is C19H30ClN3O4. The Labute approximate surface area is 167 Å². The van der Waals surface area contributed by atoms with Crippen molar-refractivity contribution in [3.63, 3.8) is 0 Å². The third kappa shape index (κ3) is 8.60. The van der Waals surface area contributed by atoms with Gasteiger partial charge in [-0.3, -0.25) is 9.59 Å². The monoisotopic (exact) mass is 399 g/mol. The van der Waals surface area contributed by atoms with Gasteiger partial charge in [-0.05, 0) is 31.5 Å². The second-order valence-corrected chi connectivity index (χ2v) is 6.28. The highest BCUT2D eigenvalue weighted by molar-refractivity contribution is 5.92. The second kappa shape index (κ2) is 13.4. The molecular weight excluding hydrogens is 370 g/mol. The highest BCUT2D eigenvalue weighted by Gasteiger charge is 2.18. The lowest BCUT2D eigenvalue weighted by atomic mass is 10.1. The third-order valence-corrected chi connectivity index (χ3v) is 4.23. The van der Waals surface area contributed by atoms with Gasteiger partial charge >= 0.3 is 0 Å². The Morgan fingerprint density at radius 2 is 1.81 bits per heavy atom. The smallest absolute Gasteiger partial charge is 0.260 e. The van der Waals surface area contributed by atoms with Gasteiger partial charge in [0, 0.05) is 19.5 Å². The Kier molecular flexibility index (Phi) is 11.5. The van der Waals surface area contributed by atoms with Crippen LogP contribution in [0.5, 0.6) is 5.75 Å². The van der Waals surface area contributed by atoms with Gasteiger partial charge in [0.2, 0.25) is 5.91 Å². The summed E-state index contributed by atoms with van der Waals surface area (Å²) in [6.07, 6.45) is 4.34. The molecule has 0 aliphatic carbocycles. The lowest BCUT2D eigenvalue weighted by Gasteiger charge is -2.26. The van der Waals surface area contributed by atoms with Crippen LogP contribution in [0.2, 0.25) is 0 Å². The van der Waals surface area contributed by atoms with E-state index in [0.717, 1.165) is 25.7 Å². The quantitative estimate of drug-likeness (QED) is 0.588. The van der Waals surface area contributed by atoms with Gasteiger partial charge in [0.25, 0.3) is 5.91 Å². The zero-order valence-corrected chi connectivity index (χ0v) is 16.5. The minimum Gasteiger partial charge on any atom is -0.482 e. The van der Waals surface area contributed by atoms with Gasteiger partial charge in [0.1, 0.15) is 5.75 Å². The summed E-state index contributed by atoms with van der Waals surface area (Å²) >= 11 is 0. The van der Waals surface area contributed by atoms with Crippen LogP contribution in [0.3, 0.4) is 0 Å². The number of hydrogen-bond acceptors (Lipinski definition) is 5. The summed E-state index contributed by atoms with van der Waals surface area (Å²) in [6, 6.07) is 7.18. The Bertz CT molecular complexity index is 580. The highest BCUT2D eigenvalue weighted by atomic mass is 35.5. The largest absolute Gasteiger partial charge is 0.482 e. The van der Waals surface area contributed by atoms with Crippen molar-refractivity contribution in [2.24, 2.45) is 5.73 Å². The van der Waals surface area contributed by atoms with Crippen molar-refractivity contribution in [1.82, 2.24) is 4.90 Å². The van der Waals surface area contributed by atoms with Crippen LogP contribution in [0, 0.1) is 0 Å². The molecule has 7 nitrogen and oxygen atoms in total. The first-order valence-corrected chi connectivity index (χ1v) is 9.28. The summed E-state index contributed by atoms with van der Waals surface area (Å²) in [4.78, 5) is 26.0. The molecule has 2 rings (SSSR count). The SMILES string of the molecule is Cl.NCCCCCCC(=O)Nc1ccccc1OCC(=O)N1CCOCC1. The fourth-order valence-corrected chi connectivity index (χ4v) is 2.74. The summed E-state index contributed by atoms with van der Waals surface area (Å²) in [6.45, 7) is 2.94. The van der Waals surface area contributed by atoms with E-state index in [1.165, 1.54) is 0 Å². The number of hydrogen-bond donors (Lipinski definition) is 2. The maximum absolute atomic E-state index is 12.2. The number of benzene rings is 1. The van der Waals surface area contributed by atoms with E-state index in [-0.39, 0.29) is 30.8 Å². The molecule has 27 heavy (non-hydrogen) atoms. The molecule has 0 unspecified atom stereocenters. The molecule has 152 valence electrons. The predicted molar refractivity (Wildman–Crippen MR) is 107 cm³/mol. The normalized spacial score (nSPS) is 13.6. The van der Waals surface area contributed by atoms with Crippen molar-refractivity contribution in [2.75, 3.05) is 44.8 Å². The minimum atomic E-state index is -0.0747. The number of nitrogens with two attached hydrogens (primary N) is 1. The van der Waals surface area contributed by atoms with Crippen LogP contribution in [-0.4, -0.2) is 56.2 Å². The van der Waals surface area contributed by atoms with Crippen LogP contribution in [0.1, 0.15) is 32.1 Å². The number of ether oxygens (including phenoxy) is 2. The summed E-state index contributed by atoms with van der Waals surface area (Å²) in [7, 11) is 0. The number of nitrogens with one attached hydrogen (secondary N) is 1. The van der Waals surface area contributed by atoms with Crippen molar-refractivity contribution in [1.29, 1.82) is 0 Å². The molecule has 0 bridgehead atoms. The Morgan fingerprint density at radius 3 is 2.56 bits per heavy atom. The molecule has 1 saturated heterocycles. The van der Waals surface area contributed by atoms with E-state index in [4.69, 9.17) is 15.2 Å². The number of rotatable bonds is 10. The lowest BCUT2D eigenvalue weighted by molar-refractivity contribution is -0.137. The van der Waals surface area contributed by atoms with Gasteiger partial charge in [-0.15, -0.1) is 12.4 Å². The number of halogens is 1. The number of amides is 2. The standard InChI is InChI=1S/C19H29N3O4.ClH/c20-10-6-2-1-3-9-18(23)21-16-7-4-5-8-17(16)26-15-19(24)22-11-13-25-14-12-22;/h4-5,7-8H,1-3,6,9-15,20H2,(H,21,23);1H. The van der Waals surface area contributed by atoms with E-state index >= 15 is 0 Å². The third-order valence-electron chi connectivity index (χ3n) is 4.23. The van der Waals surface area contributed by atoms with Crippen molar-refractivity contribution in [3.8, 4) is 5.75 Å². The molecule has 0 aromatic heterocycles. The van der Waals surface area contributed by atoms with E-state index in [2.05, 4.69) is 5.32 Å². The molecule has 0 radical (unpaired) electrons. The number of carbonyl (C=O) groups is 2. The molecule has 1 heterocycles. The van der Waals surface area contributed by atoms with Crippen LogP contribution in [0.4, 0.5) is 5.69 Å². The lowest BCUT2D eigenvalue weighted by Crippen LogP contribution is -2.43. The van der Waals surface area contributed by atoms with Gasteiger partial charge in [-0.1, -0.05) is 25.0 Å². The number of para-hydroxylation sites is 2. The van der Waals surface area contributed by atoms with Crippen LogP contribution >= 0.6 is 12.4 Å². The average molecular weight is 400 g/mol. The van der Waals surface area contributed by atoms with Crippen LogP contribution < -0.4 is 15.8 Å². The number of anilines is 1. The van der Waals surface area contributed by atoms with E-state index in [0.29, 0.717) is 50.7 Å². The van der Waals surface area contributed by atoms with Gasteiger partial charge in [0.15, 0.2) is 6.61 Å². The summed E-state index contributed by atoms with van der Waals surface area (Å²) in [5.41, 5.74) is 6.05. The maximum atomic E-state index is 12.2. The van der Waals surface area contributed by atoms with Gasteiger partial charge in [-0.25, -0.2) is 0 Å². The van der Waals surface area contributed by atoms with Crippen molar-refractivity contribution in [3.05, 3.63) is 24.3 Å². The molecule has 0 atom stereocenters. The first-order valence-electron chi connectivity index (χ1n) is 9.28. The number of unbranched alkanes of at least 4 members (excludes halogenated alkanes) is 3. The van der Waals surface area contributed by atoms with Crippen molar-refractivity contribution in [2.45, 2.75) is 32.1 Å². The topological polar surface area (TPSA) is 93.9 Å². The van der Waals surface area contributed by atoms with Gasteiger partial charge < -0.3 is 25.4 Å². The molecule has 1 fully saturated rings. The first kappa shape index (κ1) is 23.2. The van der Waals surface area contributed by atoms with Crippen LogP contribution in [-0.2, 0) is 14.3 Å². The first-order chi connectivity index (χ1) is 12.7. The van der Waals surface area contributed by atoms with Crippen LogP contribution in [0.15, 0.2) is 24.3 Å². The molecule has 1 aliphatic heterocycles. The summed E-state index contributed by atoms with van der Waals surface area (Å²) < 4.78 is 10.9. The molecule has 1 aromatic rings. The zero-order chi connectivity index (χ0) is 18.6. The Hall–Kier alpha value is -1.83. The van der Waals surface area contributed by atoms with Gasteiger partial charge in [-0.2, -0.15) is 0 Å². The molecule has 3 N–H and O–H groups in total. The summed E-state index contributed by atoms with van der Waals surface area (Å²) in [5.74, 6) is 0.383. The molecule has 8 heteroatoms. The molecule has 0 saturated carbocycles. The molecule has 0 spiro atoms. The van der Waals surface area contributed by atoms with Crippen LogP contribution in [0.25, 0.3) is 0 Å². The van der Waals surface area contributed by atoms with Crippen molar-refractivity contribution < 1.29 is 19.1 Å². The molecule has 2 amide bonds. The van der Waals surface area contributed by atoms with E-state index in [1.54, 1.807) is 17.0 Å². The van der Waals surface area contributed by atoms with E-state index in [9.17, 15) is 9.59 Å². The number of nitrogens with zero attached hydrogens (tertiary/aromatic N) is 1.